The first kappa shape index (κ1) is 11.8. The molecular weight excluding hydrogens is 167 g/mol. The van der Waals surface area contributed by atoms with Crippen LogP contribution in [0.2, 0.25) is 0 Å². The van der Waals surface area contributed by atoms with Gasteiger partial charge in [0, 0.05) is 11.1 Å². The fraction of sp³-hybridized carbons (Fsp3) is 0. The molecule has 1 rings (SSSR count). The van der Waals surface area contributed by atoms with Crippen molar-refractivity contribution in [1.29, 1.82) is 0 Å². The molecule has 1 N–H and O–H groups in total. The maximum atomic E-state index is 10.3. The zero-order valence-corrected chi connectivity index (χ0v) is 6.98. The van der Waals surface area contributed by atoms with Crippen molar-refractivity contribution < 1.29 is 38.7 Å². The van der Waals surface area contributed by atoms with E-state index in [1.165, 1.54) is 6.07 Å². The van der Waals surface area contributed by atoms with E-state index in [1.807, 2.05) is 0 Å². The van der Waals surface area contributed by atoms with Crippen LogP contribution in [0.5, 0.6) is 5.75 Å². The van der Waals surface area contributed by atoms with Gasteiger partial charge in [-0.2, -0.15) is 0 Å². The zero-order valence-electron chi connectivity index (χ0n) is 6.98. The molecule has 1 aromatic carbocycles. The molecule has 0 heterocycles. The van der Waals surface area contributed by atoms with Crippen LogP contribution < -0.4 is 24.0 Å². The van der Waals surface area contributed by atoms with E-state index in [0.717, 1.165) is 12.1 Å². The molecule has 0 amide bonds. The van der Waals surface area contributed by atoms with Gasteiger partial charge < -0.3 is 15.0 Å². The standard InChI is InChI=1S/C8H6O4.Li/c9-4-5-1-2-7(10)6(3-5)8(11)12;/h1-4,10H,(H,11,12);/q;+1/p-1. The molecule has 0 atom stereocenters. The molecule has 4 nitrogen and oxygen atoms in total. The first-order valence-corrected chi connectivity index (χ1v) is 3.14. The van der Waals surface area contributed by atoms with Crippen LogP contribution in [0.25, 0.3) is 0 Å². The summed E-state index contributed by atoms with van der Waals surface area (Å²) in [6, 6.07) is 3.50. The van der Waals surface area contributed by atoms with Gasteiger partial charge in [-0.25, -0.2) is 0 Å². The fourth-order valence-corrected chi connectivity index (χ4v) is 0.790. The van der Waals surface area contributed by atoms with Crippen molar-refractivity contribution in [2.75, 3.05) is 0 Å². The number of hydrogen-bond acceptors (Lipinski definition) is 4. The van der Waals surface area contributed by atoms with E-state index in [9.17, 15) is 14.7 Å². The van der Waals surface area contributed by atoms with Crippen molar-refractivity contribution in [3.63, 3.8) is 0 Å². The average Bonchev–Trinajstić information content (AvgIpc) is 2.05. The summed E-state index contributed by atoms with van der Waals surface area (Å²) in [7, 11) is 0. The molecular formula is C8H5LiO4. The molecule has 0 saturated carbocycles. The molecule has 0 aliphatic heterocycles. The minimum atomic E-state index is -1.50. The Morgan fingerprint density at radius 3 is 2.54 bits per heavy atom. The minimum absolute atomic E-state index is 0. The van der Waals surface area contributed by atoms with Crippen LogP contribution in [0.15, 0.2) is 18.2 Å². The van der Waals surface area contributed by atoms with Gasteiger partial charge in [0.25, 0.3) is 0 Å². The molecule has 0 aliphatic rings. The summed E-state index contributed by atoms with van der Waals surface area (Å²) < 4.78 is 0. The van der Waals surface area contributed by atoms with E-state index in [0.29, 0.717) is 6.29 Å². The van der Waals surface area contributed by atoms with Gasteiger partial charge in [-0.15, -0.1) is 0 Å². The van der Waals surface area contributed by atoms with Crippen molar-refractivity contribution in [1.82, 2.24) is 0 Å². The van der Waals surface area contributed by atoms with Gasteiger partial charge in [-0.3, -0.25) is 4.79 Å². The predicted octanol–water partition coefficient (Wildman–Crippen LogP) is -3.43. The zero-order chi connectivity index (χ0) is 9.14. The second-order valence-electron chi connectivity index (χ2n) is 2.18. The summed E-state index contributed by atoms with van der Waals surface area (Å²) in [5.41, 5.74) is -0.188. The van der Waals surface area contributed by atoms with Crippen molar-refractivity contribution in [3.05, 3.63) is 29.3 Å². The number of carbonyl (C=O) groups excluding carboxylic acids is 2. The van der Waals surface area contributed by atoms with E-state index < -0.39 is 11.7 Å². The number of carbonyl (C=O) groups is 2. The van der Waals surface area contributed by atoms with Gasteiger partial charge in [0.15, 0.2) is 0 Å². The maximum Gasteiger partial charge on any atom is 1.00 e. The average molecular weight is 172 g/mol. The Hall–Kier alpha value is -1.24. The number of aromatic carboxylic acids is 1. The van der Waals surface area contributed by atoms with Crippen LogP contribution in [0.1, 0.15) is 20.7 Å². The van der Waals surface area contributed by atoms with Gasteiger partial charge in [-0.05, 0) is 18.2 Å². The van der Waals surface area contributed by atoms with Crippen molar-refractivity contribution in [2.24, 2.45) is 0 Å². The summed E-state index contributed by atoms with van der Waals surface area (Å²) in [6.45, 7) is 0. The number of carboxylic acid groups (broad SMARTS) is 1. The van der Waals surface area contributed by atoms with Gasteiger partial charge >= 0.3 is 18.9 Å². The van der Waals surface area contributed by atoms with Gasteiger partial charge in [-0.1, -0.05) is 0 Å². The van der Waals surface area contributed by atoms with Crippen LogP contribution >= 0.6 is 0 Å². The van der Waals surface area contributed by atoms with Crippen molar-refractivity contribution in [3.8, 4) is 5.75 Å². The molecule has 0 unspecified atom stereocenters. The molecule has 1 aromatic rings. The molecule has 0 aromatic heterocycles. The van der Waals surface area contributed by atoms with E-state index in [1.54, 1.807) is 0 Å². The van der Waals surface area contributed by atoms with Crippen molar-refractivity contribution in [2.45, 2.75) is 0 Å². The molecule has 62 valence electrons. The van der Waals surface area contributed by atoms with Gasteiger partial charge in [0.1, 0.15) is 12.0 Å². The second kappa shape index (κ2) is 4.70. The van der Waals surface area contributed by atoms with Gasteiger partial charge in [0.2, 0.25) is 0 Å². The monoisotopic (exact) mass is 172 g/mol. The Bertz CT molecular complexity index is 335. The SMILES string of the molecule is O=Cc1ccc(O)c(C(=O)[O-])c1.[Li+]. The Labute approximate surface area is 86.4 Å². The first-order valence-electron chi connectivity index (χ1n) is 3.14. The van der Waals surface area contributed by atoms with Crippen LogP contribution in [0.4, 0.5) is 0 Å². The Balaban J connectivity index is 0.00000144. The van der Waals surface area contributed by atoms with Crippen molar-refractivity contribution >= 4 is 12.3 Å². The molecule has 0 saturated heterocycles. The number of aromatic hydroxyl groups is 1. The topological polar surface area (TPSA) is 77.4 Å². The molecule has 0 spiro atoms. The quantitative estimate of drug-likeness (QED) is 0.372. The number of aldehydes is 1. The summed E-state index contributed by atoms with van der Waals surface area (Å²) in [6.07, 6.45) is 0.492. The summed E-state index contributed by atoms with van der Waals surface area (Å²) in [5, 5.41) is 19.3. The van der Waals surface area contributed by atoms with E-state index in [4.69, 9.17) is 5.11 Å². The summed E-state index contributed by atoms with van der Waals surface area (Å²) in [4.78, 5) is 20.5. The number of rotatable bonds is 2. The number of phenols is 1. The normalized spacial score (nSPS) is 8.62. The maximum absolute atomic E-state index is 10.3. The molecule has 0 bridgehead atoms. The number of benzene rings is 1. The van der Waals surface area contributed by atoms with Crippen LogP contribution in [-0.4, -0.2) is 17.4 Å². The smallest absolute Gasteiger partial charge is 0.545 e. The largest absolute Gasteiger partial charge is 1.00 e. The van der Waals surface area contributed by atoms with E-state index >= 15 is 0 Å². The molecule has 0 aliphatic carbocycles. The van der Waals surface area contributed by atoms with Crippen LogP contribution in [0.3, 0.4) is 0 Å². The van der Waals surface area contributed by atoms with Gasteiger partial charge in [0.05, 0.1) is 5.97 Å². The first-order chi connectivity index (χ1) is 5.65. The number of hydrogen-bond donors (Lipinski definition) is 1. The Kier molecular flexibility index (Phi) is 4.25. The Morgan fingerprint density at radius 2 is 2.08 bits per heavy atom. The molecule has 13 heavy (non-hydrogen) atoms. The van der Waals surface area contributed by atoms with Crippen LogP contribution in [-0.2, 0) is 0 Å². The predicted molar refractivity (Wildman–Crippen MR) is 37.8 cm³/mol. The third kappa shape index (κ3) is 2.62. The molecule has 0 radical (unpaired) electrons. The fourth-order valence-electron chi connectivity index (χ4n) is 0.790. The Morgan fingerprint density at radius 1 is 1.46 bits per heavy atom. The number of carboxylic acids is 1. The van der Waals surface area contributed by atoms with E-state index in [2.05, 4.69) is 0 Å². The van der Waals surface area contributed by atoms with Crippen LogP contribution in [0, 0.1) is 0 Å². The molecule has 5 heteroatoms. The summed E-state index contributed by atoms with van der Waals surface area (Å²) >= 11 is 0. The molecule has 0 fully saturated rings. The second-order valence-corrected chi connectivity index (χ2v) is 2.18. The third-order valence-electron chi connectivity index (χ3n) is 1.38. The summed E-state index contributed by atoms with van der Waals surface area (Å²) in [5.74, 6) is -1.91. The van der Waals surface area contributed by atoms with E-state index in [-0.39, 0.29) is 30.0 Å². The minimum Gasteiger partial charge on any atom is -0.545 e. The third-order valence-corrected chi connectivity index (χ3v) is 1.38.